The monoisotopic (exact) mass is 318 g/mol. The Labute approximate surface area is 144 Å². The number of aromatic nitrogens is 2. The number of hydrogen-bond acceptors (Lipinski definition) is 1. The lowest BCUT2D eigenvalue weighted by atomic mass is 9.95. The lowest BCUT2D eigenvalue weighted by Gasteiger charge is -2.10. The van der Waals surface area contributed by atoms with Crippen molar-refractivity contribution >= 4 is 10.9 Å². The fourth-order valence-corrected chi connectivity index (χ4v) is 4.10. The van der Waals surface area contributed by atoms with E-state index in [-0.39, 0.29) is 0 Å². The van der Waals surface area contributed by atoms with Gasteiger partial charge in [-0.15, -0.1) is 0 Å². The number of nitrogens with zero attached hydrogens (tertiary/aromatic N) is 1. The summed E-state index contributed by atoms with van der Waals surface area (Å²) in [5.41, 5.74) is 9.73. The minimum Gasteiger partial charge on any atom is -0.281 e. The van der Waals surface area contributed by atoms with Gasteiger partial charge in [0.15, 0.2) is 0 Å². The van der Waals surface area contributed by atoms with Crippen molar-refractivity contribution in [1.82, 2.24) is 10.2 Å². The van der Waals surface area contributed by atoms with Gasteiger partial charge in [-0.25, -0.2) is 0 Å². The summed E-state index contributed by atoms with van der Waals surface area (Å²) in [6.45, 7) is 6.71. The molecule has 124 valence electrons. The molecule has 3 aromatic rings. The van der Waals surface area contributed by atoms with E-state index in [0.29, 0.717) is 5.92 Å². The molecule has 1 aliphatic carbocycles. The summed E-state index contributed by atoms with van der Waals surface area (Å²) in [6, 6.07) is 11.6. The molecule has 1 heterocycles. The van der Waals surface area contributed by atoms with Crippen molar-refractivity contribution in [2.24, 2.45) is 0 Å². The highest BCUT2D eigenvalue weighted by molar-refractivity contribution is 5.83. The summed E-state index contributed by atoms with van der Waals surface area (Å²) in [5, 5.41) is 9.12. The maximum atomic E-state index is 4.55. The summed E-state index contributed by atoms with van der Waals surface area (Å²) in [7, 11) is 0. The number of aryl methyl sites for hydroxylation is 5. The Morgan fingerprint density at radius 1 is 1.04 bits per heavy atom. The zero-order valence-electron chi connectivity index (χ0n) is 14.9. The Balaban J connectivity index is 1.57. The van der Waals surface area contributed by atoms with E-state index in [9.17, 15) is 0 Å². The smallest absolute Gasteiger partial charge is 0.0926 e. The van der Waals surface area contributed by atoms with E-state index in [4.69, 9.17) is 0 Å². The van der Waals surface area contributed by atoms with Crippen molar-refractivity contribution < 1.29 is 0 Å². The Kier molecular flexibility index (Phi) is 3.91. The number of hydrogen-bond donors (Lipinski definition) is 1. The predicted molar refractivity (Wildman–Crippen MR) is 101 cm³/mol. The van der Waals surface area contributed by atoms with Crippen LogP contribution in [0, 0.1) is 6.92 Å². The molecule has 4 rings (SSSR count). The normalized spacial score (nSPS) is 13.8. The molecular weight excluding hydrogens is 292 g/mol. The third-order valence-corrected chi connectivity index (χ3v) is 5.47. The second-order valence-electron chi connectivity index (χ2n) is 7.54. The molecule has 1 aromatic heterocycles. The molecule has 0 saturated carbocycles. The molecule has 0 aliphatic heterocycles. The highest BCUT2D eigenvalue weighted by atomic mass is 15.1. The Hall–Kier alpha value is -2.09. The van der Waals surface area contributed by atoms with Crippen LogP contribution in [0.25, 0.3) is 10.9 Å². The van der Waals surface area contributed by atoms with E-state index in [1.165, 1.54) is 47.0 Å². The first-order valence-corrected chi connectivity index (χ1v) is 9.20. The van der Waals surface area contributed by atoms with Gasteiger partial charge in [-0.1, -0.05) is 32.0 Å². The van der Waals surface area contributed by atoms with Crippen molar-refractivity contribution in [3.05, 3.63) is 63.8 Å². The van der Waals surface area contributed by atoms with Gasteiger partial charge in [0.25, 0.3) is 0 Å². The van der Waals surface area contributed by atoms with Crippen LogP contribution in [0.3, 0.4) is 0 Å². The third-order valence-electron chi connectivity index (χ3n) is 5.47. The summed E-state index contributed by atoms with van der Waals surface area (Å²) < 4.78 is 0. The van der Waals surface area contributed by atoms with Crippen LogP contribution >= 0.6 is 0 Å². The Bertz CT molecular complexity index is 886. The molecule has 0 unspecified atom stereocenters. The fourth-order valence-electron chi connectivity index (χ4n) is 4.10. The quantitative estimate of drug-likeness (QED) is 0.697. The van der Waals surface area contributed by atoms with Crippen LogP contribution < -0.4 is 0 Å². The molecule has 2 aromatic carbocycles. The van der Waals surface area contributed by atoms with Crippen LogP contribution in [0.15, 0.2) is 30.3 Å². The molecule has 0 fully saturated rings. The third kappa shape index (κ3) is 2.75. The average molecular weight is 318 g/mol. The van der Waals surface area contributed by atoms with E-state index in [0.717, 1.165) is 18.4 Å². The number of nitrogens with one attached hydrogen (secondary N) is 1. The highest BCUT2D eigenvalue weighted by Gasteiger charge is 2.13. The number of fused-ring (bicyclic) bond motifs is 2. The molecule has 0 saturated heterocycles. The SMILES string of the molecule is Cc1cc2c(CCc3ccc4c(c3)CCC4)[nH]nc2cc1C(C)C. The topological polar surface area (TPSA) is 28.7 Å². The van der Waals surface area contributed by atoms with E-state index >= 15 is 0 Å². The predicted octanol–water partition coefficient (Wildman–Crippen LogP) is 5.27. The number of aromatic amines is 1. The van der Waals surface area contributed by atoms with Gasteiger partial charge in [0.05, 0.1) is 5.52 Å². The highest BCUT2D eigenvalue weighted by Crippen LogP contribution is 2.27. The van der Waals surface area contributed by atoms with Crippen molar-refractivity contribution in [2.45, 2.75) is 58.8 Å². The lowest BCUT2D eigenvalue weighted by Crippen LogP contribution is -1.95. The van der Waals surface area contributed by atoms with E-state index in [2.05, 4.69) is 61.3 Å². The molecule has 2 heteroatoms. The molecule has 2 nitrogen and oxygen atoms in total. The molecule has 0 atom stereocenters. The van der Waals surface area contributed by atoms with Gasteiger partial charge in [0.2, 0.25) is 0 Å². The van der Waals surface area contributed by atoms with Gasteiger partial charge in [-0.2, -0.15) is 5.10 Å². The summed E-state index contributed by atoms with van der Waals surface area (Å²) >= 11 is 0. The van der Waals surface area contributed by atoms with Crippen LogP contribution in [0.2, 0.25) is 0 Å². The van der Waals surface area contributed by atoms with Crippen LogP contribution in [0.1, 0.15) is 59.7 Å². The van der Waals surface area contributed by atoms with Crippen molar-refractivity contribution in [2.75, 3.05) is 0 Å². The lowest BCUT2D eigenvalue weighted by molar-refractivity contribution is 0.858. The van der Waals surface area contributed by atoms with Gasteiger partial charge in [-0.05, 0) is 84.9 Å². The molecule has 0 bridgehead atoms. The largest absolute Gasteiger partial charge is 0.281 e. The number of rotatable bonds is 4. The van der Waals surface area contributed by atoms with Crippen LogP contribution in [-0.2, 0) is 25.7 Å². The number of H-pyrrole nitrogens is 1. The van der Waals surface area contributed by atoms with Gasteiger partial charge >= 0.3 is 0 Å². The van der Waals surface area contributed by atoms with Gasteiger partial charge in [0.1, 0.15) is 0 Å². The maximum Gasteiger partial charge on any atom is 0.0926 e. The molecule has 0 amide bonds. The van der Waals surface area contributed by atoms with Crippen molar-refractivity contribution in [3.8, 4) is 0 Å². The molecule has 0 radical (unpaired) electrons. The first-order valence-electron chi connectivity index (χ1n) is 9.20. The van der Waals surface area contributed by atoms with Gasteiger partial charge < -0.3 is 0 Å². The minimum atomic E-state index is 0.543. The fraction of sp³-hybridized carbons (Fsp3) is 0.409. The Morgan fingerprint density at radius 3 is 2.71 bits per heavy atom. The van der Waals surface area contributed by atoms with Crippen LogP contribution in [0.5, 0.6) is 0 Å². The Morgan fingerprint density at radius 2 is 1.88 bits per heavy atom. The number of benzene rings is 2. The maximum absolute atomic E-state index is 4.55. The van der Waals surface area contributed by atoms with E-state index in [1.54, 1.807) is 11.1 Å². The first kappa shape index (κ1) is 15.4. The molecule has 1 N–H and O–H groups in total. The zero-order chi connectivity index (χ0) is 16.7. The molecule has 0 spiro atoms. The van der Waals surface area contributed by atoms with Crippen LogP contribution in [0.4, 0.5) is 0 Å². The second-order valence-corrected chi connectivity index (χ2v) is 7.54. The summed E-state index contributed by atoms with van der Waals surface area (Å²) in [6.07, 6.45) is 5.94. The molecular formula is C22H26N2. The zero-order valence-corrected chi connectivity index (χ0v) is 14.9. The van der Waals surface area contributed by atoms with E-state index < -0.39 is 0 Å². The van der Waals surface area contributed by atoms with Crippen molar-refractivity contribution in [3.63, 3.8) is 0 Å². The van der Waals surface area contributed by atoms with Gasteiger partial charge in [0, 0.05) is 11.1 Å². The molecule has 1 aliphatic rings. The average Bonchev–Trinajstić information content (AvgIpc) is 3.17. The van der Waals surface area contributed by atoms with Gasteiger partial charge in [-0.3, -0.25) is 5.10 Å². The van der Waals surface area contributed by atoms with E-state index in [1.807, 2.05) is 0 Å². The molecule has 24 heavy (non-hydrogen) atoms. The summed E-state index contributed by atoms with van der Waals surface area (Å²) in [5.74, 6) is 0.543. The standard InChI is InChI=1S/C22H26N2/c1-14(2)19-13-22-20(11-15(19)3)21(23-24-22)10-8-16-7-9-17-5-4-6-18(17)12-16/h7,9,11-14H,4-6,8,10H2,1-3H3,(H,23,24). The summed E-state index contributed by atoms with van der Waals surface area (Å²) in [4.78, 5) is 0. The minimum absolute atomic E-state index is 0.543. The van der Waals surface area contributed by atoms with Crippen molar-refractivity contribution in [1.29, 1.82) is 0 Å². The van der Waals surface area contributed by atoms with Crippen LogP contribution in [-0.4, -0.2) is 10.2 Å². The first-order chi connectivity index (χ1) is 11.6. The second kappa shape index (κ2) is 6.08.